The van der Waals surface area contributed by atoms with E-state index in [0.717, 1.165) is 43.1 Å². The molecule has 2 heterocycles. The summed E-state index contributed by atoms with van der Waals surface area (Å²) in [6, 6.07) is 4.03. The minimum absolute atomic E-state index is 0.0698. The van der Waals surface area contributed by atoms with Gasteiger partial charge in [-0.25, -0.2) is 0 Å². The summed E-state index contributed by atoms with van der Waals surface area (Å²) in [6.07, 6.45) is 3.67. The van der Waals surface area contributed by atoms with Crippen molar-refractivity contribution in [2.24, 2.45) is 0 Å². The van der Waals surface area contributed by atoms with Crippen LogP contribution in [-0.4, -0.2) is 29.8 Å². The Morgan fingerprint density at radius 1 is 1.38 bits per heavy atom. The van der Waals surface area contributed by atoms with Crippen molar-refractivity contribution in [3.05, 3.63) is 23.5 Å². The Morgan fingerprint density at radius 2 is 2.19 bits per heavy atom. The lowest BCUT2D eigenvalue weighted by Crippen LogP contribution is -2.35. The van der Waals surface area contributed by atoms with Crippen LogP contribution in [0.15, 0.2) is 12.1 Å². The Labute approximate surface area is 128 Å². The molecular formula is C17H28N2O2. The van der Waals surface area contributed by atoms with Gasteiger partial charge < -0.3 is 14.8 Å². The number of aryl methyl sites for hydroxylation is 1. The van der Waals surface area contributed by atoms with Crippen LogP contribution in [0.2, 0.25) is 0 Å². The lowest BCUT2D eigenvalue weighted by Gasteiger charge is -2.21. The van der Waals surface area contributed by atoms with Gasteiger partial charge >= 0.3 is 0 Å². The highest BCUT2D eigenvalue weighted by atomic mass is 16.5. The highest BCUT2D eigenvalue weighted by Crippen LogP contribution is 2.20. The van der Waals surface area contributed by atoms with Crippen molar-refractivity contribution in [2.45, 2.75) is 65.1 Å². The molecule has 1 aromatic heterocycles. The summed E-state index contributed by atoms with van der Waals surface area (Å²) >= 11 is 0. The molecule has 0 aliphatic carbocycles. The molecule has 1 aliphatic heterocycles. The second-order valence-electron chi connectivity index (χ2n) is 6.77. The average Bonchev–Trinajstić information content (AvgIpc) is 2.91. The van der Waals surface area contributed by atoms with Crippen molar-refractivity contribution in [3.8, 4) is 5.75 Å². The minimum Gasteiger partial charge on any atom is -0.492 e. The molecule has 1 aliphatic rings. The van der Waals surface area contributed by atoms with E-state index in [4.69, 9.17) is 9.47 Å². The van der Waals surface area contributed by atoms with Crippen LogP contribution in [0.3, 0.4) is 0 Å². The van der Waals surface area contributed by atoms with Crippen LogP contribution in [0.1, 0.15) is 51.4 Å². The monoisotopic (exact) mass is 292 g/mol. The highest BCUT2D eigenvalue weighted by Gasteiger charge is 2.16. The first kappa shape index (κ1) is 16.2. The number of rotatable bonds is 6. The van der Waals surface area contributed by atoms with Crippen LogP contribution < -0.4 is 10.1 Å². The number of aromatic nitrogens is 1. The SMILES string of the molecule is Cc1ccc(OCCC2CCCO2)c(CNC(C)(C)C)n1. The van der Waals surface area contributed by atoms with E-state index in [9.17, 15) is 0 Å². The lowest BCUT2D eigenvalue weighted by atomic mass is 10.1. The Morgan fingerprint density at radius 3 is 2.86 bits per heavy atom. The van der Waals surface area contributed by atoms with Gasteiger partial charge in [0.2, 0.25) is 0 Å². The van der Waals surface area contributed by atoms with Crippen molar-refractivity contribution in [1.29, 1.82) is 0 Å². The summed E-state index contributed by atoms with van der Waals surface area (Å²) < 4.78 is 11.6. The maximum atomic E-state index is 5.94. The first-order valence-electron chi connectivity index (χ1n) is 7.90. The Hall–Kier alpha value is -1.13. The van der Waals surface area contributed by atoms with E-state index < -0.39 is 0 Å². The third kappa shape index (κ3) is 5.64. The number of hydrogen-bond acceptors (Lipinski definition) is 4. The third-order valence-electron chi connectivity index (χ3n) is 3.58. The molecule has 1 atom stereocenters. The predicted octanol–water partition coefficient (Wildman–Crippen LogP) is 3.23. The minimum atomic E-state index is 0.0698. The fourth-order valence-corrected chi connectivity index (χ4v) is 2.38. The molecule has 1 saturated heterocycles. The zero-order valence-electron chi connectivity index (χ0n) is 13.7. The zero-order valence-corrected chi connectivity index (χ0v) is 13.7. The molecule has 21 heavy (non-hydrogen) atoms. The number of ether oxygens (including phenoxy) is 2. The summed E-state index contributed by atoms with van der Waals surface area (Å²) in [4.78, 5) is 4.61. The number of hydrogen-bond donors (Lipinski definition) is 1. The molecular weight excluding hydrogens is 264 g/mol. The van der Waals surface area contributed by atoms with Gasteiger partial charge in [0.05, 0.1) is 18.4 Å². The maximum absolute atomic E-state index is 5.94. The molecule has 118 valence electrons. The van der Waals surface area contributed by atoms with Gasteiger partial charge in [-0.1, -0.05) is 0 Å². The highest BCUT2D eigenvalue weighted by molar-refractivity contribution is 5.29. The number of pyridine rings is 1. The van der Waals surface area contributed by atoms with Gasteiger partial charge in [0.1, 0.15) is 5.75 Å². The second kappa shape index (κ2) is 7.23. The molecule has 1 aromatic rings. The molecule has 2 rings (SSSR count). The quantitative estimate of drug-likeness (QED) is 0.874. The van der Waals surface area contributed by atoms with Crippen molar-refractivity contribution >= 4 is 0 Å². The standard InChI is InChI=1S/C17H28N2O2/c1-13-7-8-16(15(19-13)12-18-17(2,3)4)21-11-9-14-6-5-10-20-14/h7-8,14,18H,5-6,9-12H2,1-4H3. The molecule has 0 saturated carbocycles. The van der Waals surface area contributed by atoms with E-state index >= 15 is 0 Å². The number of nitrogens with one attached hydrogen (secondary N) is 1. The van der Waals surface area contributed by atoms with Crippen LogP contribution in [0.4, 0.5) is 0 Å². The zero-order chi connectivity index (χ0) is 15.3. The van der Waals surface area contributed by atoms with Crippen molar-refractivity contribution in [1.82, 2.24) is 10.3 Å². The van der Waals surface area contributed by atoms with Crippen molar-refractivity contribution < 1.29 is 9.47 Å². The molecule has 1 N–H and O–H groups in total. The molecule has 1 fully saturated rings. The van der Waals surface area contributed by atoms with Gasteiger partial charge in [0.25, 0.3) is 0 Å². The second-order valence-corrected chi connectivity index (χ2v) is 6.77. The first-order valence-corrected chi connectivity index (χ1v) is 7.90. The van der Waals surface area contributed by atoms with E-state index in [2.05, 4.69) is 31.1 Å². The molecule has 4 nitrogen and oxygen atoms in total. The molecule has 0 bridgehead atoms. The molecule has 4 heteroatoms. The smallest absolute Gasteiger partial charge is 0.142 e. The van der Waals surface area contributed by atoms with Gasteiger partial charge in [-0.15, -0.1) is 0 Å². The molecule has 1 unspecified atom stereocenters. The largest absolute Gasteiger partial charge is 0.492 e. The Bertz CT molecular complexity index is 449. The summed E-state index contributed by atoms with van der Waals surface area (Å²) in [5.41, 5.74) is 2.07. The first-order chi connectivity index (χ1) is 9.94. The maximum Gasteiger partial charge on any atom is 0.142 e. The topological polar surface area (TPSA) is 43.4 Å². The lowest BCUT2D eigenvalue weighted by molar-refractivity contribution is 0.0901. The van der Waals surface area contributed by atoms with E-state index in [1.54, 1.807) is 0 Å². The van der Waals surface area contributed by atoms with Crippen LogP contribution in [0, 0.1) is 6.92 Å². The van der Waals surface area contributed by atoms with Crippen molar-refractivity contribution in [2.75, 3.05) is 13.2 Å². The van der Waals surface area contributed by atoms with E-state index in [1.807, 2.05) is 19.1 Å². The van der Waals surface area contributed by atoms with Gasteiger partial charge in [-0.05, 0) is 52.7 Å². The summed E-state index contributed by atoms with van der Waals surface area (Å²) in [5, 5.41) is 3.47. The van der Waals surface area contributed by atoms with Crippen LogP contribution in [-0.2, 0) is 11.3 Å². The van der Waals surface area contributed by atoms with E-state index in [-0.39, 0.29) is 5.54 Å². The van der Waals surface area contributed by atoms with Gasteiger partial charge in [0, 0.05) is 30.8 Å². The van der Waals surface area contributed by atoms with Gasteiger partial charge in [0.15, 0.2) is 0 Å². The van der Waals surface area contributed by atoms with Crippen molar-refractivity contribution in [3.63, 3.8) is 0 Å². The Balaban J connectivity index is 1.90. The molecule has 0 amide bonds. The van der Waals surface area contributed by atoms with Crippen LogP contribution in [0.25, 0.3) is 0 Å². The fourth-order valence-electron chi connectivity index (χ4n) is 2.38. The van der Waals surface area contributed by atoms with Gasteiger partial charge in [-0.3, -0.25) is 4.98 Å². The summed E-state index contributed by atoms with van der Waals surface area (Å²) in [7, 11) is 0. The summed E-state index contributed by atoms with van der Waals surface area (Å²) in [6.45, 7) is 10.8. The van der Waals surface area contributed by atoms with Gasteiger partial charge in [-0.2, -0.15) is 0 Å². The third-order valence-corrected chi connectivity index (χ3v) is 3.58. The fraction of sp³-hybridized carbons (Fsp3) is 0.706. The molecule has 0 aromatic carbocycles. The van der Waals surface area contributed by atoms with Crippen LogP contribution >= 0.6 is 0 Å². The van der Waals surface area contributed by atoms with E-state index in [1.165, 1.54) is 6.42 Å². The molecule has 0 radical (unpaired) electrons. The number of nitrogens with zero attached hydrogens (tertiary/aromatic N) is 1. The van der Waals surface area contributed by atoms with E-state index in [0.29, 0.717) is 12.7 Å². The van der Waals surface area contributed by atoms with Crippen LogP contribution in [0.5, 0.6) is 5.75 Å². The molecule has 0 spiro atoms. The predicted molar refractivity (Wildman–Crippen MR) is 84.7 cm³/mol. The normalized spacial score (nSPS) is 19.0. The Kier molecular flexibility index (Phi) is 5.59. The summed E-state index contributed by atoms with van der Waals surface area (Å²) in [5.74, 6) is 0.885. The average molecular weight is 292 g/mol.